The van der Waals surface area contributed by atoms with Gasteiger partial charge < -0.3 is 19.5 Å². The average Bonchev–Trinajstić information content (AvgIpc) is 3.35. The van der Waals surface area contributed by atoms with E-state index in [1.54, 1.807) is 34.1 Å². The molecule has 0 spiro atoms. The van der Waals surface area contributed by atoms with Crippen LogP contribution < -0.4 is 10.1 Å². The van der Waals surface area contributed by atoms with E-state index in [4.69, 9.17) is 10.00 Å². The third kappa shape index (κ3) is 5.39. The monoisotopic (exact) mass is 443 g/mol. The van der Waals surface area contributed by atoms with Crippen molar-refractivity contribution >= 4 is 11.8 Å². The number of benzene rings is 2. The lowest BCUT2D eigenvalue weighted by molar-refractivity contribution is -0.131. The molecule has 8 heteroatoms. The second kappa shape index (κ2) is 10.0. The van der Waals surface area contributed by atoms with Crippen LogP contribution in [-0.2, 0) is 4.79 Å². The van der Waals surface area contributed by atoms with Crippen molar-refractivity contribution in [3.8, 4) is 17.5 Å². The number of piperidine rings is 1. The molecule has 2 amide bonds. The summed E-state index contributed by atoms with van der Waals surface area (Å²) in [5, 5.41) is 11.7. The maximum atomic E-state index is 12.6. The molecule has 0 aliphatic carbocycles. The minimum atomic E-state index is -0.385. The Labute approximate surface area is 192 Å². The number of hydrogen-bond donors (Lipinski definition) is 1. The molecule has 0 atom stereocenters. The summed E-state index contributed by atoms with van der Waals surface area (Å²) >= 11 is 0. The molecule has 0 bridgehead atoms. The Hall–Kier alpha value is -4.12. The van der Waals surface area contributed by atoms with Crippen molar-refractivity contribution in [1.29, 1.82) is 5.26 Å². The maximum Gasteiger partial charge on any atom is 0.271 e. The van der Waals surface area contributed by atoms with Crippen LogP contribution in [0.4, 0.5) is 0 Å². The zero-order chi connectivity index (χ0) is 23.2. The smallest absolute Gasteiger partial charge is 0.271 e. The SMILES string of the molecule is Cc1ccc(C#N)cc1OC1CCN(C(=O)CNC(=O)c2cn(-c3ccccc3)cn2)CC1. The Kier molecular flexibility index (Phi) is 6.69. The number of para-hydroxylation sites is 1. The van der Waals surface area contributed by atoms with E-state index in [-0.39, 0.29) is 30.2 Å². The van der Waals surface area contributed by atoms with Gasteiger partial charge in [-0.15, -0.1) is 0 Å². The number of nitriles is 1. The lowest BCUT2D eigenvalue weighted by atomic mass is 10.1. The highest BCUT2D eigenvalue weighted by Crippen LogP contribution is 2.24. The predicted octanol–water partition coefficient (Wildman–Crippen LogP) is 2.85. The summed E-state index contributed by atoms with van der Waals surface area (Å²) in [6, 6.07) is 17.1. The molecule has 4 rings (SSSR count). The molecule has 0 radical (unpaired) electrons. The van der Waals surface area contributed by atoms with E-state index in [1.807, 2.05) is 43.3 Å². The number of hydrogen-bond acceptors (Lipinski definition) is 5. The highest BCUT2D eigenvalue weighted by molar-refractivity contribution is 5.94. The topological polar surface area (TPSA) is 100 Å². The van der Waals surface area contributed by atoms with E-state index < -0.39 is 0 Å². The van der Waals surface area contributed by atoms with Gasteiger partial charge in [0.25, 0.3) is 5.91 Å². The third-order valence-electron chi connectivity index (χ3n) is 5.68. The lowest BCUT2D eigenvalue weighted by Crippen LogP contribution is -2.46. The van der Waals surface area contributed by atoms with Crippen molar-refractivity contribution in [1.82, 2.24) is 19.8 Å². The predicted molar refractivity (Wildman–Crippen MR) is 122 cm³/mol. The van der Waals surface area contributed by atoms with Crippen molar-refractivity contribution < 1.29 is 14.3 Å². The van der Waals surface area contributed by atoms with E-state index in [9.17, 15) is 9.59 Å². The van der Waals surface area contributed by atoms with Gasteiger partial charge in [0.05, 0.1) is 18.2 Å². The fourth-order valence-electron chi connectivity index (χ4n) is 3.74. The van der Waals surface area contributed by atoms with Crippen molar-refractivity contribution in [2.75, 3.05) is 19.6 Å². The number of likely N-dealkylation sites (tertiary alicyclic amines) is 1. The fourth-order valence-corrected chi connectivity index (χ4v) is 3.74. The van der Waals surface area contributed by atoms with Crippen LogP contribution in [0.25, 0.3) is 5.69 Å². The Bertz CT molecular complexity index is 1170. The minimum absolute atomic E-state index is 0.0155. The molecule has 2 heterocycles. The molecule has 1 aliphatic heterocycles. The van der Waals surface area contributed by atoms with E-state index in [1.165, 1.54) is 0 Å². The molecular weight excluding hydrogens is 418 g/mol. The van der Waals surface area contributed by atoms with Crippen LogP contribution in [0.3, 0.4) is 0 Å². The standard InChI is InChI=1S/C25H25N5O3/c1-18-7-8-19(14-26)13-23(18)33-21-9-11-29(12-10-21)24(31)15-27-25(32)22-16-30(17-28-22)20-5-3-2-4-6-20/h2-8,13,16-17,21H,9-12,15H2,1H3,(H,27,32). The van der Waals surface area contributed by atoms with Gasteiger partial charge in [0, 0.05) is 37.8 Å². The first-order chi connectivity index (χ1) is 16.0. The first-order valence-corrected chi connectivity index (χ1v) is 10.9. The highest BCUT2D eigenvalue weighted by atomic mass is 16.5. The molecule has 1 fully saturated rings. The van der Waals surface area contributed by atoms with Crippen LogP contribution in [0.15, 0.2) is 61.1 Å². The second-order valence-electron chi connectivity index (χ2n) is 7.97. The number of nitrogens with zero attached hydrogens (tertiary/aromatic N) is 4. The first-order valence-electron chi connectivity index (χ1n) is 10.9. The van der Waals surface area contributed by atoms with Gasteiger partial charge in [-0.3, -0.25) is 9.59 Å². The number of imidazole rings is 1. The quantitative estimate of drug-likeness (QED) is 0.631. The van der Waals surface area contributed by atoms with E-state index >= 15 is 0 Å². The van der Waals surface area contributed by atoms with E-state index in [2.05, 4.69) is 16.4 Å². The van der Waals surface area contributed by atoms with Crippen molar-refractivity contribution in [2.45, 2.75) is 25.9 Å². The lowest BCUT2D eigenvalue weighted by Gasteiger charge is -2.32. The number of carbonyl (C=O) groups excluding carboxylic acids is 2. The van der Waals surface area contributed by atoms with Crippen molar-refractivity contribution in [3.05, 3.63) is 77.9 Å². The highest BCUT2D eigenvalue weighted by Gasteiger charge is 2.25. The van der Waals surface area contributed by atoms with Crippen LogP contribution in [0, 0.1) is 18.3 Å². The van der Waals surface area contributed by atoms with Gasteiger partial charge >= 0.3 is 0 Å². The maximum absolute atomic E-state index is 12.6. The molecule has 1 N–H and O–H groups in total. The van der Waals surface area contributed by atoms with Crippen LogP contribution in [0.1, 0.15) is 34.5 Å². The molecule has 0 saturated carbocycles. The van der Waals surface area contributed by atoms with Gasteiger partial charge in [-0.2, -0.15) is 5.26 Å². The van der Waals surface area contributed by atoms with Crippen LogP contribution in [0.2, 0.25) is 0 Å². The molecular formula is C25H25N5O3. The van der Waals surface area contributed by atoms with Crippen molar-refractivity contribution in [3.63, 3.8) is 0 Å². The first kappa shape index (κ1) is 22.1. The summed E-state index contributed by atoms with van der Waals surface area (Å²) in [7, 11) is 0. The molecule has 1 aromatic heterocycles. The summed E-state index contributed by atoms with van der Waals surface area (Å²) in [5.74, 6) is 0.192. The van der Waals surface area contributed by atoms with Gasteiger partial charge in [0.1, 0.15) is 23.9 Å². The summed E-state index contributed by atoms with van der Waals surface area (Å²) in [6.45, 7) is 2.98. The van der Waals surface area contributed by atoms with Crippen LogP contribution in [0.5, 0.6) is 5.75 Å². The average molecular weight is 444 g/mol. The molecule has 2 aromatic carbocycles. The summed E-state index contributed by atoms with van der Waals surface area (Å²) in [5.41, 5.74) is 2.70. The van der Waals surface area contributed by atoms with Gasteiger partial charge in [-0.1, -0.05) is 24.3 Å². The Morgan fingerprint density at radius 3 is 2.67 bits per heavy atom. The molecule has 8 nitrogen and oxygen atoms in total. The Balaban J connectivity index is 1.25. The summed E-state index contributed by atoms with van der Waals surface area (Å²) in [6.07, 6.45) is 4.58. The largest absolute Gasteiger partial charge is 0.490 e. The molecule has 1 aliphatic rings. The molecule has 1 saturated heterocycles. The molecule has 168 valence electrons. The number of rotatable bonds is 6. The Morgan fingerprint density at radius 1 is 1.18 bits per heavy atom. The number of amides is 2. The van der Waals surface area contributed by atoms with Gasteiger partial charge in [-0.05, 0) is 36.8 Å². The third-order valence-corrected chi connectivity index (χ3v) is 5.68. The normalized spacial score (nSPS) is 13.9. The number of carbonyl (C=O) groups is 2. The number of aryl methyl sites for hydroxylation is 1. The number of aromatic nitrogens is 2. The number of ether oxygens (including phenoxy) is 1. The minimum Gasteiger partial charge on any atom is -0.490 e. The van der Waals surface area contributed by atoms with Crippen molar-refractivity contribution in [2.24, 2.45) is 0 Å². The van der Waals surface area contributed by atoms with E-state index in [0.717, 1.165) is 11.3 Å². The zero-order valence-corrected chi connectivity index (χ0v) is 18.4. The summed E-state index contributed by atoms with van der Waals surface area (Å²) in [4.78, 5) is 30.9. The second-order valence-corrected chi connectivity index (χ2v) is 7.97. The van der Waals surface area contributed by atoms with Crippen LogP contribution in [-0.4, -0.2) is 52.0 Å². The summed E-state index contributed by atoms with van der Waals surface area (Å²) < 4.78 is 7.84. The van der Waals surface area contributed by atoms with Gasteiger partial charge in [-0.25, -0.2) is 4.98 Å². The molecule has 33 heavy (non-hydrogen) atoms. The zero-order valence-electron chi connectivity index (χ0n) is 18.4. The van der Waals surface area contributed by atoms with Crippen LogP contribution >= 0.6 is 0 Å². The fraction of sp³-hybridized carbons (Fsp3) is 0.280. The Morgan fingerprint density at radius 2 is 1.94 bits per heavy atom. The molecule has 3 aromatic rings. The molecule has 0 unspecified atom stereocenters. The van der Waals surface area contributed by atoms with E-state index in [0.29, 0.717) is 37.2 Å². The van der Waals surface area contributed by atoms with Gasteiger partial charge in [0.2, 0.25) is 5.91 Å². The van der Waals surface area contributed by atoms with Gasteiger partial charge in [0.15, 0.2) is 0 Å². The number of nitrogens with one attached hydrogen (secondary N) is 1.